The zero-order valence-corrected chi connectivity index (χ0v) is 34.7. The van der Waals surface area contributed by atoms with Crippen LogP contribution in [0.3, 0.4) is 0 Å². The second kappa shape index (κ2) is 16.8. The fourth-order valence-electron chi connectivity index (χ4n) is 14.0. The molecule has 6 fully saturated rings. The Morgan fingerprint density at radius 3 is 1.31 bits per heavy atom. The molecule has 0 heterocycles. The molecule has 6 aliphatic carbocycles. The second-order valence-corrected chi connectivity index (χ2v) is 31.7. The van der Waals surface area contributed by atoms with Crippen LogP contribution in [0.4, 0.5) is 0 Å². The number of rotatable bonds is 10. The Kier molecular flexibility index (Phi) is 12.9. The zero-order chi connectivity index (χ0) is 33.7. The number of hydrogen-bond donors (Lipinski definition) is 0. The van der Waals surface area contributed by atoms with Gasteiger partial charge in [-0.15, -0.1) is 0 Å². The predicted octanol–water partition coefficient (Wildman–Crippen LogP) is 16.3. The van der Waals surface area contributed by atoms with E-state index in [1.54, 1.807) is 0 Å². The first-order valence-corrected chi connectivity index (χ1v) is 27.8. The second-order valence-electron chi connectivity index (χ2n) is 18.2. The third-order valence-corrected chi connectivity index (χ3v) is 37.9. The summed E-state index contributed by atoms with van der Waals surface area (Å²) >= 11 is 18.8. The van der Waals surface area contributed by atoms with Crippen LogP contribution < -0.4 is 0 Å². The molecule has 0 bridgehead atoms. The maximum atomic E-state index is 9.92. The summed E-state index contributed by atoms with van der Waals surface area (Å²) in [5, 5.41) is 0.566. The molecule has 6 saturated carbocycles. The van der Waals surface area contributed by atoms with Gasteiger partial charge in [-0.25, -0.2) is 0 Å². The standard InChI is InChI=1S/C45H73Cl2P2/c46-45(36-20-7-21-37-45)49(47,42-30-16-5-17-31-42,43-32-18-6-19-33-43)44(35-34-38-22-8-1-9-23-38)48(39-24-10-2-11-25-39,40-26-12-3-13-27-40)41-28-14-4-15-29-41/h1,8-9,22-23,34-35,39-44H,2-7,10-21,24-33,36-37H2/q+1. The van der Waals surface area contributed by atoms with Gasteiger partial charge in [-0.1, -0.05) is 0 Å². The molecule has 0 spiro atoms. The molecule has 1 aromatic rings. The number of allylic oxidation sites excluding steroid dienone is 1. The van der Waals surface area contributed by atoms with Crippen molar-refractivity contribution < 1.29 is 0 Å². The molecule has 1 aromatic carbocycles. The molecule has 0 aliphatic heterocycles. The van der Waals surface area contributed by atoms with Crippen LogP contribution in [-0.2, 0) is 0 Å². The molecule has 276 valence electrons. The van der Waals surface area contributed by atoms with Gasteiger partial charge in [0.25, 0.3) is 0 Å². The molecule has 0 nitrogen and oxygen atoms in total. The first-order valence-electron chi connectivity index (χ1n) is 22.0. The van der Waals surface area contributed by atoms with Gasteiger partial charge >= 0.3 is 315 Å². The van der Waals surface area contributed by atoms with Crippen LogP contribution in [0.2, 0.25) is 0 Å². The van der Waals surface area contributed by atoms with E-state index >= 15 is 0 Å². The molecular weight excluding hydrogens is 673 g/mol. The number of alkyl halides is 1. The molecule has 4 heteroatoms. The molecule has 0 amide bonds. The molecule has 0 saturated heterocycles. The molecule has 1 unspecified atom stereocenters. The fourth-order valence-corrected chi connectivity index (χ4v) is 40.6. The van der Waals surface area contributed by atoms with Gasteiger partial charge < -0.3 is 0 Å². The summed E-state index contributed by atoms with van der Waals surface area (Å²) in [6.07, 6.45) is 48.2. The minimum absolute atomic E-state index is 0.190. The van der Waals surface area contributed by atoms with Crippen molar-refractivity contribution in [2.24, 2.45) is 0 Å². The van der Waals surface area contributed by atoms with Crippen LogP contribution in [0.1, 0.15) is 198 Å². The molecule has 7 rings (SSSR count). The first kappa shape index (κ1) is 37.7. The number of benzene rings is 1. The summed E-state index contributed by atoms with van der Waals surface area (Å²) in [7, 11) is -1.64. The first-order chi connectivity index (χ1) is 24.0. The Morgan fingerprint density at radius 1 is 0.531 bits per heavy atom. The average Bonchev–Trinajstić information content (AvgIpc) is 3.18. The van der Waals surface area contributed by atoms with Gasteiger partial charge in [0.15, 0.2) is 0 Å². The predicted molar refractivity (Wildman–Crippen MR) is 225 cm³/mol. The third-order valence-electron chi connectivity index (χ3n) is 16.0. The van der Waals surface area contributed by atoms with Crippen LogP contribution in [0, 0.1) is 0 Å². The van der Waals surface area contributed by atoms with E-state index in [1.165, 1.54) is 198 Å². The summed E-state index contributed by atoms with van der Waals surface area (Å²) in [4.78, 5) is 0. The van der Waals surface area contributed by atoms with Crippen LogP contribution in [-0.4, -0.2) is 38.3 Å². The SMILES string of the molecule is ClC1(P(Cl)(C2CCCCC2)(C2CCCCC2)C(C=Cc2ccccc2)[P+](C2CCCCC2)(C2CCCCC2)C2CCCCC2)CCCCC1. The van der Waals surface area contributed by atoms with Crippen LogP contribution in [0.25, 0.3) is 6.08 Å². The van der Waals surface area contributed by atoms with E-state index in [-0.39, 0.29) is 4.62 Å². The summed E-state index contributed by atoms with van der Waals surface area (Å²) in [6, 6.07) is 11.5. The van der Waals surface area contributed by atoms with Crippen molar-refractivity contribution >= 4 is 42.1 Å². The molecule has 0 radical (unpaired) electrons. The molecule has 6 aliphatic rings. The molecule has 0 aromatic heterocycles. The van der Waals surface area contributed by atoms with Crippen molar-refractivity contribution in [3.63, 3.8) is 0 Å². The van der Waals surface area contributed by atoms with Crippen molar-refractivity contribution in [2.75, 3.05) is 0 Å². The van der Waals surface area contributed by atoms with Crippen LogP contribution in [0.15, 0.2) is 36.4 Å². The van der Waals surface area contributed by atoms with E-state index < -0.39 is 13.2 Å². The Bertz CT molecular complexity index is 1110. The van der Waals surface area contributed by atoms with Gasteiger partial charge in [-0.05, 0) is 0 Å². The van der Waals surface area contributed by atoms with E-state index in [0.717, 1.165) is 17.0 Å². The number of hydrogen-bond acceptors (Lipinski definition) is 0. The van der Waals surface area contributed by atoms with Gasteiger partial charge in [-0.2, -0.15) is 0 Å². The topological polar surface area (TPSA) is 0 Å². The summed E-state index contributed by atoms with van der Waals surface area (Å²) < 4.78 is -0.190. The zero-order valence-electron chi connectivity index (χ0n) is 31.4. The van der Waals surface area contributed by atoms with Gasteiger partial charge in [0.2, 0.25) is 0 Å². The molecule has 0 N–H and O–H groups in total. The van der Waals surface area contributed by atoms with Crippen molar-refractivity contribution in [1.29, 1.82) is 0 Å². The maximum absolute atomic E-state index is 9.92. The van der Waals surface area contributed by atoms with Crippen molar-refractivity contribution in [2.45, 2.75) is 231 Å². The number of halogens is 2. The van der Waals surface area contributed by atoms with Crippen molar-refractivity contribution in [3.8, 4) is 0 Å². The van der Waals surface area contributed by atoms with E-state index in [2.05, 4.69) is 42.5 Å². The Hall–Kier alpha value is 0.400. The van der Waals surface area contributed by atoms with E-state index in [1.807, 2.05) is 0 Å². The van der Waals surface area contributed by atoms with E-state index in [9.17, 15) is 11.2 Å². The summed E-state index contributed by atoms with van der Waals surface area (Å²) in [5.41, 5.74) is 5.52. The molecule has 49 heavy (non-hydrogen) atoms. The van der Waals surface area contributed by atoms with Gasteiger partial charge in [0.05, 0.1) is 0 Å². The van der Waals surface area contributed by atoms with Gasteiger partial charge in [-0.3, -0.25) is 0 Å². The van der Waals surface area contributed by atoms with Gasteiger partial charge in [0.1, 0.15) is 0 Å². The third kappa shape index (κ3) is 6.84. The average molecular weight is 747 g/mol. The minimum atomic E-state index is -3.24. The molecule has 1 atom stereocenters. The van der Waals surface area contributed by atoms with Crippen molar-refractivity contribution in [3.05, 3.63) is 42.0 Å². The Morgan fingerprint density at radius 2 is 0.898 bits per heavy atom. The van der Waals surface area contributed by atoms with Gasteiger partial charge in [0, 0.05) is 0 Å². The fraction of sp³-hybridized carbons (Fsp3) is 0.822. The Labute approximate surface area is 313 Å². The van der Waals surface area contributed by atoms with Crippen molar-refractivity contribution in [1.82, 2.24) is 0 Å². The van der Waals surface area contributed by atoms with Crippen LogP contribution in [0.5, 0.6) is 0 Å². The Balaban J connectivity index is 1.58. The monoisotopic (exact) mass is 745 g/mol. The van der Waals surface area contributed by atoms with Crippen LogP contribution >= 0.6 is 36.1 Å². The summed E-state index contributed by atoms with van der Waals surface area (Å²) in [6.45, 7) is 0. The van der Waals surface area contributed by atoms with E-state index in [0.29, 0.717) is 16.7 Å². The quantitative estimate of drug-likeness (QED) is 0.165. The normalized spacial score (nSPS) is 28.2. The van der Waals surface area contributed by atoms with E-state index in [4.69, 9.17) is 11.6 Å². The molecular formula is C45H73Cl2P2+. The summed E-state index contributed by atoms with van der Waals surface area (Å²) in [5.74, 6) is -3.24.